The average Bonchev–Trinajstić information content (AvgIpc) is 2.98. The molecule has 6 nitrogen and oxygen atoms in total. The van der Waals surface area contributed by atoms with Gasteiger partial charge in [0.25, 0.3) is 5.91 Å². The van der Waals surface area contributed by atoms with Crippen LogP contribution in [-0.2, 0) is 37.0 Å². The van der Waals surface area contributed by atoms with Crippen LogP contribution in [0.25, 0.3) is 0 Å². The van der Waals surface area contributed by atoms with E-state index in [1.807, 2.05) is 82.3 Å². The molecule has 9 heteroatoms. The largest absolute Gasteiger partial charge is 0.424 e. The zero-order chi connectivity index (χ0) is 22.9. The quantitative estimate of drug-likeness (QED) is 0.427. The van der Waals surface area contributed by atoms with Gasteiger partial charge in [-0.15, -0.1) is 0 Å². The number of halogens is 1. The van der Waals surface area contributed by atoms with Gasteiger partial charge in [0, 0.05) is 16.8 Å². The highest BCUT2D eigenvalue weighted by Gasteiger charge is 2.40. The highest BCUT2D eigenvalue weighted by Crippen LogP contribution is 2.49. The minimum Gasteiger partial charge on any atom is -0.424 e. The van der Waals surface area contributed by atoms with Crippen LogP contribution in [0.2, 0.25) is 5.02 Å². The first-order valence-electron chi connectivity index (χ1n) is 10.0. The van der Waals surface area contributed by atoms with Gasteiger partial charge in [-0.3, -0.25) is 18.7 Å². The van der Waals surface area contributed by atoms with E-state index in [0.717, 1.165) is 5.56 Å². The highest BCUT2D eigenvalue weighted by atomic mass is 35.5. The van der Waals surface area contributed by atoms with Gasteiger partial charge >= 0.3 is 6.72 Å². The van der Waals surface area contributed by atoms with Gasteiger partial charge in [0.1, 0.15) is 5.75 Å². The number of hydrogen-bond donors (Lipinski definition) is 0. The van der Waals surface area contributed by atoms with Crippen molar-refractivity contribution in [1.29, 1.82) is 0 Å². The van der Waals surface area contributed by atoms with E-state index in [1.54, 1.807) is 0 Å². The van der Waals surface area contributed by atoms with E-state index in [9.17, 15) is 4.79 Å². The molecule has 1 amide bonds. The van der Waals surface area contributed by atoms with Crippen molar-refractivity contribution < 1.29 is 23.2 Å². The van der Waals surface area contributed by atoms with Crippen molar-refractivity contribution >= 4 is 36.0 Å². The normalized spacial score (nSPS) is 15.4. The molecule has 0 aromatic heterocycles. The summed E-state index contributed by atoms with van der Waals surface area (Å²) in [4.78, 5) is 17.3. The topological polar surface area (TPSA) is 57.2 Å². The summed E-state index contributed by atoms with van der Waals surface area (Å²) in [5.74, 6) is 0.690. The molecule has 0 unspecified atom stereocenters. The molecule has 0 atom stereocenters. The second-order valence-corrected chi connectivity index (χ2v) is 10.6. The maximum absolute atomic E-state index is 11.9. The SMILES string of the molecule is CC1(C)CON(Cc2ccccc2Cl)C1=O.CCOP(=S)(OCC)Oc1ccccc1. The number of para-hydroxylation sites is 1. The second-order valence-electron chi connectivity index (χ2n) is 7.28. The van der Waals surface area contributed by atoms with Crippen molar-refractivity contribution in [3.63, 3.8) is 0 Å². The predicted molar refractivity (Wildman–Crippen MR) is 126 cm³/mol. The molecule has 0 N–H and O–H groups in total. The number of benzene rings is 2. The fourth-order valence-corrected chi connectivity index (χ4v) is 4.89. The van der Waals surface area contributed by atoms with Crippen LogP contribution in [0.4, 0.5) is 0 Å². The smallest absolute Gasteiger partial charge is 0.380 e. The molecule has 1 saturated heterocycles. The lowest BCUT2D eigenvalue weighted by Crippen LogP contribution is -2.30. The summed E-state index contributed by atoms with van der Waals surface area (Å²) in [7, 11) is 0. The second kappa shape index (κ2) is 12.0. The molecular weight excluding hydrogens is 457 g/mol. The first-order chi connectivity index (χ1) is 14.7. The standard InChI is InChI=1S/C12H14ClNO2.C10H15O3PS/c1-12(2)8-16-14(11(12)15)7-9-5-3-4-6-10(9)13;1-3-11-14(15,12-4-2)13-10-8-6-5-7-9-10/h3-6H,7-8H2,1-2H3;5-9H,3-4H2,1-2H3. The molecule has 0 spiro atoms. The number of nitrogens with zero attached hydrogens (tertiary/aromatic N) is 1. The van der Waals surface area contributed by atoms with E-state index in [2.05, 4.69) is 0 Å². The van der Waals surface area contributed by atoms with E-state index in [0.29, 0.717) is 37.1 Å². The third kappa shape index (κ3) is 7.86. The zero-order valence-electron chi connectivity index (χ0n) is 18.2. The average molecular weight is 486 g/mol. The lowest BCUT2D eigenvalue weighted by molar-refractivity contribution is -0.165. The van der Waals surface area contributed by atoms with Crippen LogP contribution in [0.3, 0.4) is 0 Å². The maximum atomic E-state index is 11.9. The van der Waals surface area contributed by atoms with E-state index in [-0.39, 0.29) is 5.91 Å². The third-order valence-corrected chi connectivity index (χ3v) is 7.00. The van der Waals surface area contributed by atoms with Crippen LogP contribution in [0, 0.1) is 5.41 Å². The van der Waals surface area contributed by atoms with Gasteiger partial charge in [0.15, 0.2) is 0 Å². The van der Waals surface area contributed by atoms with Gasteiger partial charge in [-0.05, 0) is 51.5 Å². The molecule has 0 aliphatic carbocycles. The molecule has 0 bridgehead atoms. The first-order valence-corrected chi connectivity index (χ1v) is 13.0. The molecule has 1 aliphatic rings. The highest BCUT2D eigenvalue weighted by molar-refractivity contribution is 8.07. The van der Waals surface area contributed by atoms with E-state index in [1.165, 1.54) is 5.06 Å². The molecule has 2 aromatic rings. The number of amides is 1. The van der Waals surface area contributed by atoms with Crippen molar-refractivity contribution in [2.75, 3.05) is 19.8 Å². The number of hydroxylamine groups is 2. The van der Waals surface area contributed by atoms with Gasteiger partial charge in [-0.1, -0.05) is 48.0 Å². The molecule has 170 valence electrons. The van der Waals surface area contributed by atoms with Crippen LogP contribution >= 0.6 is 18.3 Å². The molecule has 0 radical (unpaired) electrons. The minimum atomic E-state index is -2.61. The van der Waals surface area contributed by atoms with E-state index >= 15 is 0 Å². The number of hydrogen-bond acceptors (Lipinski definition) is 6. The summed E-state index contributed by atoms with van der Waals surface area (Å²) in [5, 5.41) is 2.05. The number of carbonyl (C=O) groups is 1. The van der Waals surface area contributed by atoms with Gasteiger partial charge < -0.3 is 4.52 Å². The summed E-state index contributed by atoms with van der Waals surface area (Å²) in [5.41, 5.74) is 0.469. The Kier molecular flexibility index (Phi) is 9.94. The Balaban J connectivity index is 0.000000221. The van der Waals surface area contributed by atoms with Crippen molar-refractivity contribution in [3.05, 3.63) is 65.2 Å². The summed E-state index contributed by atoms with van der Waals surface area (Å²) >= 11 is 11.3. The number of carbonyl (C=O) groups excluding carboxylic acids is 1. The van der Waals surface area contributed by atoms with Gasteiger partial charge in [0.2, 0.25) is 0 Å². The van der Waals surface area contributed by atoms with Crippen molar-refractivity contribution in [3.8, 4) is 5.75 Å². The fraction of sp³-hybridized carbons (Fsp3) is 0.409. The van der Waals surface area contributed by atoms with E-state index in [4.69, 9.17) is 41.8 Å². The Morgan fingerprint density at radius 3 is 2.16 bits per heavy atom. The first kappa shape index (κ1) is 25.8. The molecular formula is C22H29ClNO5PS. The lowest BCUT2D eigenvalue weighted by atomic mass is 9.95. The van der Waals surface area contributed by atoms with Gasteiger partial charge in [0.05, 0.1) is 31.8 Å². The summed E-state index contributed by atoms with van der Waals surface area (Å²) in [6.45, 7) is 6.70. The van der Waals surface area contributed by atoms with Crippen LogP contribution in [0.5, 0.6) is 5.75 Å². The van der Waals surface area contributed by atoms with Crippen LogP contribution in [0.15, 0.2) is 54.6 Å². The summed E-state index contributed by atoms with van der Waals surface area (Å²) < 4.78 is 16.3. The Morgan fingerprint density at radius 1 is 1.06 bits per heavy atom. The van der Waals surface area contributed by atoms with Crippen molar-refractivity contribution in [2.24, 2.45) is 5.41 Å². The third-order valence-electron chi connectivity index (χ3n) is 4.19. The van der Waals surface area contributed by atoms with E-state index < -0.39 is 12.1 Å². The summed E-state index contributed by atoms with van der Waals surface area (Å²) in [6, 6.07) is 16.8. The van der Waals surface area contributed by atoms with Crippen molar-refractivity contribution in [2.45, 2.75) is 34.2 Å². The summed E-state index contributed by atoms with van der Waals surface area (Å²) in [6.07, 6.45) is 0. The Morgan fingerprint density at radius 2 is 1.65 bits per heavy atom. The van der Waals surface area contributed by atoms with Crippen molar-refractivity contribution in [1.82, 2.24) is 5.06 Å². The lowest BCUT2D eigenvalue weighted by Gasteiger charge is -2.20. The number of rotatable bonds is 8. The zero-order valence-corrected chi connectivity index (χ0v) is 20.7. The minimum absolute atomic E-state index is 0.00687. The van der Waals surface area contributed by atoms with Gasteiger partial charge in [-0.2, -0.15) is 0 Å². The molecule has 0 saturated carbocycles. The van der Waals surface area contributed by atoms with Crippen LogP contribution in [0.1, 0.15) is 33.3 Å². The Hall–Kier alpha value is -1.47. The predicted octanol–water partition coefficient (Wildman–Crippen LogP) is 6.00. The molecule has 1 aliphatic heterocycles. The molecule has 1 fully saturated rings. The molecule has 1 heterocycles. The monoisotopic (exact) mass is 485 g/mol. The molecule has 3 rings (SSSR count). The molecule has 2 aromatic carbocycles. The maximum Gasteiger partial charge on any atom is 0.380 e. The molecule has 31 heavy (non-hydrogen) atoms. The van der Waals surface area contributed by atoms with Crippen LogP contribution in [-0.4, -0.2) is 30.8 Å². The Bertz CT molecular complexity index is 886. The van der Waals surface area contributed by atoms with Gasteiger partial charge in [-0.25, -0.2) is 5.06 Å². The van der Waals surface area contributed by atoms with Crippen LogP contribution < -0.4 is 4.52 Å². The Labute approximate surface area is 194 Å². The fourth-order valence-electron chi connectivity index (χ4n) is 2.61.